The minimum absolute atomic E-state index is 0.0268. The highest BCUT2D eigenvalue weighted by Crippen LogP contribution is 2.49. The van der Waals surface area contributed by atoms with Crippen molar-refractivity contribution in [1.82, 2.24) is 0 Å². The monoisotopic (exact) mass is 563 g/mol. The summed E-state index contributed by atoms with van der Waals surface area (Å²) in [5.74, 6) is 0. The summed E-state index contributed by atoms with van der Waals surface area (Å²) in [6.07, 6.45) is 23.1. The first-order chi connectivity index (χ1) is 19.7. The SMILES string of the molecule is C=C/C=C\C1=C(C)CC(C)(C)C(C)N1p1oc2ccc(/C=C\C)c(/C=C\C)c2c2c(=C/C=C)/c(=C\C=C)ccc2o1. The lowest BCUT2D eigenvalue weighted by atomic mass is 9.76. The number of fused-ring (bicyclic) bond motifs is 3. The van der Waals surface area contributed by atoms with Crippen LogP contribution in [0.4, 0.5) is 0 Å². The van der Waals surface area contributed by atoms with Gasteiger partial charge in [-0.3, -0.25) is 4.67 Å². The zero-order valence-electron chi connectivity index (χ0n) is 25.3. The van der Waals surface area contributed by atoms with Crippen LogP contribution in [0.15, 0.2) is 106 Å². The second kappa shape index (κ2) is 12.7. The summed E-state index contributed by atoms with van der Waals surface area (Å²) in [4.78, 5) is 0. The van der Waals surface area contributed by atoms with Crippen LogP contribution in [0, 0.1) is 5.41 Å². The fourth-order valence-corrected chi connectivity index (χ4v) is 7.54. The number of nitrogens with zero attached hydrogens (tertiary/aromatic N) is 1. The first-order valence-electron chi connectivity index (χ1n) is 14.2. The van der Waals surface area contributed by atoms with E-state index in [0.29, 0.717) is 0 Å². The second-order valence-electron chi connectivity index (χ2n) is 11.1. The van der Waals surface area contributed by atoms with Gasteiger partial charge in [-0.05, 0) is 84.9 Å². The molecule has 2 aromatic carbocycles. The quantitative estimate of drug-likeness (QED) is 0.268. The molecule has 0 bridgehead atoms. The summed E-state index contributed by atoms with van der Waals surface area (Å²) >= 11 is 0. The summed E-state index contributed by atoms with van der Waals surface area (Å²) in [6.45, 7) is 25.1. The fourth-order valence-electron chi connectivity index (χ4n) is 5.68. The Morgan fingerprint density at radius 3 is 2.17 bits per heavy atom. The molecule has 0 radical (unpaired) electrons. The van der Waals surface area contributed by atoms with Crippen molar-refractivity contribution in [2.75, 3.05) is 4.67 Å². The van der Waals surface area contributed by atoms with E-state index in [0.717, 1.165) is 55.6 Å². The zero-order valence-corrected chi connectivity index (χ0v) is 26.2. The molecule has 1 aliphatic heterocycles. The average molecular weight is 564 g/mol. The van der Waals surface area contributed by atoms with Gasteiger partial charge in [0.1, 0.15) is 11.2 Å². The maximum atomic E-state index is 7.00. The predicted octanol–water partition coefficient (Wildman–Crippen LogP) is 10.1. The Labute approximate surface area is 245 Å². The highest BCUT2D eigenvalue weighted by atomic mass is 31.1. The molecule has 1 aromatic heterocycles. The Morgan fingerprint density at radius 2 is 1.54 bits per heavy atom. The minimum Gasteiger partial charge on any atom is -0.404 e. The van der Waals surface area contributed by atoms with Gasteiger partial charge in [-0.1, -0.05) is 106 Å². The van der Waals surface area contributed by atoms with Crippen LogP contribution in [-0.4, -0.2) is 6.04 Å². The van der Waals surface area contributed by atoms with Crippen molar-refractivity contribution >= 4 is 54.4 Å². The van der Waals surface area contributed by atoms with E-state index in [4.69, 9.17) is 8.39 Å². The van der Waals surface area contributed by atoms with Crippen LogP contribution in [0.2, 0.25) is 0 Å². The molecule has 2 heterocycles. The van der Waals surface area contributed by atoms with Gasteiger partial charge < -0.3 is 8.39 Å². The summed E-state index contributed by atoms with van der Waals surface area (Å²) in [7, 11) is -1.57. The van der Waals surface area contributed by atoms with E-state index in [-0.39, 0.29) is 11.5 Å². The van der Waals surface area contributed by atoms with E-state index in [2.05, 4.69) is 107 Å². The number of rotatable bonds is 7. The van der Waals surface area contributed by atoms with E-state index in [1.165, 1.54) is 5.57 Å². The first-order valence-corrected chi connectivity index (χ1v) is 15.3. The predicted molar refractivity (Wildman–Crippen MR) is 182 cm³/mol. The lowest BCUT2D eigenvalue weighted by molar-refractivity contribution is 0.282. The van der Waals surface area contributed by atoms with Crippen molar-refractivity contribution in [2.45, 2.75) is 54.0 Å². The molecule has 0 N–H and O–H groups in total. The minimum atomic E-state index is -1.57. The lowest BCUT2D eigenvalue weighted by Crippen LogP contribution is -2.45. The van der Waals surface area contributed by atoms with Crippen LogP contribution in [-0.2, 0) is 0 Å². The molecule has 0 saturated heterocycles. The van der Waals surface area contributed by atoms with E-state index in [1.807, 2.05) is 50.3 Å². The third-order valence-electron chi connectivity index (χ3n) is 7.82. The van der Waals surface area contributed by atoms with Crippen molar-refractivity contribution in [2.24, 2.45) is 5.41 Å². The van der Waals surface area contributed by atoms with E-state index in [1.54, 1.807) is 0 Å². The number of allylic oxidation sites excluding steroid dienone is 8. The molecule has 3 aromatic rings. The van der Waals surface area contributed by atoms with Crippen molar-refractivity contribution < 1.29 is 8.39 Å². The second-order valence-corrected chi connectivity index (χ2v) is 12.3. The molecule has 4 rings (SSSR count). The van der Waals surface area contributed by atoms with Gasteiger partial charge in [0, 0.05) is 22.5 Å². The van der Waals surface area contributed by atoms with Gasteiger partial charge in [0.05, 0.1) is 0 Å². The summed E-state index contributed by atoms with van der Waals surface area (Å²) in [6, 6.07) is 8.53. The Kier molecular flexibility index (Phi) is 9.31. The van der Waals surface area contributed by atoms with Gasteiger partial charge in [0.15, 0.2) is 0 Å². The topological polar surface area (TPSA) is 29.5 Å². The Morgan fingerprint density at radius 1 is 0.878 bits per heavy atom. The zero-order chi connectivity index (χ0) is 29.7. The van der Waals surface area contributed by atoms with Gasteiger partial charge >= 0.3 is 8.16 Å². The highest BCUT2D eigenvalue weighted by Gasteiger charge is 2.39. The maximum Gasteiger partial charge on any atom is 0.341 e. The third-order valence-corrected chi connectivity index (χ3v) is 9.43. The van der Waals surface area contributed by atoms with Gasteiger partial charge in [0.2, 0.25) is 0 Å². The largest absolute Gasteiger partial charge is 0.404 e. The number of hydrogen-bond acceptors (Lipinski definition) is 3. The Bertz CT molecular complexity index is 1790. The average Bonchev–Trinajstić information content (AvgIpc) is 3.09. The van der Waals surface area contributed by atoms with E-state index >= 15 is 0 Å². The summed E-state index contributed by atoms with van der Waals surface area (Å²) < 4.78 is 16.3. The van der Waals surface area contributed by atoms with Gasteiger partial charge in [-0.2, -0.15) is 0 Å². The highest BCUT2D eigenvalue weighted by molar-refractivity contribution is 7.39. The Hall–Kier alpha value is -3.94. The van der Waals surface area contributed by atoms with E-state index < -0.39 is 8.16 Å². The van der Waals surface area contributed by atoms with Crippen LogP contribution in [0.5, 0.6) is 0 Å². The molecule has 212 valence electrons. The molecule has 0 fully saturated rings. The van der Waals surface area contributed by atoms with Crippen molar-refractivity contribution in [3.63, 3.8) is 0 Å². The number of hydrogen-bond donors (Lipinski definition) is 0. The molecule has 0 spiro atoms. The first kappa shape index (κ1) is 30.0. The molecule has 0 amide bonds. The van der Waals surface area contributed by atoms with Crippen LogP contribution in [0.1, 0.15) is 59.1 Å². The van der Waals surface area contributed by atoms with Crippen LogP contribution >= 0.6 is 8.16 Å². The Balaban J connectivity index is 2.33. The molecule has 0 aliphatic carbocycles. The van der Waals surface area contributed by atoms with Gasteiger partial charge in [0.25, 0.3) is 0 Å². The van der Waals surface area contributed by atoms with Crippen molar-refractivity contribution in [3.8, 4) is 0 Å². The summed E-state index contributed by atoms with van der Waals surface area (Å²) in [5.41, 5.74) is 6.25. The van der Waals surface area contributed by atoms with E-state index in [9.17, 15) is 0 Å². The third kappa shape index (κ3) is 5.78. The van der Waals surface area contributed by atoms with Crippen LogP contribution in [0.3, 0.4) is 0 Å². The van der Waals surface area contributed by atoms with Crippen LogP contribution < -0.4 is 15.1 Å². The lowest BCUT2D eigenvalue weighted by Gasteiger charge is -2.44. The standard InChI is InChI=1S/C37H42NO2P/c1-10-15-20-32-26(6)25-37(8,9)27(7)38(32)41-39-33-23-21-28(16-11-2)30(18-13-4)35(33)36-31(19-14-5)29(17-12-3)22-24-34(36)40-41/h10-24,27H,1-2,4,25H2,3,5-9H3/b17-12-,19-14-,20-15-,28-16-,30-18+. The summed E-state index contributed by atoms with van der Waals surface area (Å²) in [5, 5.41) is 4.07. The maximum absolute atomic E-state index is 7.00. The smallest absolute Gasteiger partial charge is 0.341 e. The number of benzene rings is 2. The normalized spacial score (nSPS) is 18.9. The fraction of sp³-hybridized carbons (Fsp3) is 0.243. The van der Waals surface area contributed by atoms with Crippen molar-refractivity contribution in [1.29, 1.82) is 0 Å². The molecule has 2 atom stereocenters. The molecule has 41 heavy (non-hydrogen) atoms. The molecular formula is C37H42NO2P. The molecule has 0 saturated carbocycles. The molecule has 2 unspecified atom stereocenters. The van der Waals surface area contributed by atoms with Gasteiger partial charge in [-0.15, -0.1) is 0 Å². The molecule has 4 heteroatoms. The van der Waals surface area contributed by atoms with Crippen molar-refractivity contribution in [3.05, 3.63) is 119 Å². The van der Waals surface area contributed by atoms with Gasteiger partial charge in [-0.25, -0.2) is 0 Å². The molecular weight excluding hydrogens is 521 g/mol. The van der Waals surface area contributed by atoms with Crippen LogP contribution in [0.25, 0.3) is 46.2 Å². The molecule has 1 aliphatic rings. The molecule has 3 nitrogen and oxygen atoms in total.